The summed E-state index contributed by atoms with van der Waals surface area (Å²) in [5.74, 6) is 0.689. The third-order valence-corrected chi connectivity index (χ3v) is 3.54. The van der Waals surface area contributed by atoms with Gasteiger partial charge in [-0.1, -0.05) is 29.3 Å². The van der Waals surface area contributed by atoms with Gasteiger partial charge in [0.2, 0.25) is 0 Å². The van der Waals surface area contributed by atoms with Crippen molar-refractivity contribution in [1.29, 1.82) is 0 Å². The zero-order valence-corrected chi connectivity index (χ0v) is 17.4. The van der Waals surface area contributed by atoms with E-state index in [0.717, 1.165) is 5.56 Å². The number of benzene rings is 1. The van der Waals surface area contributed by atoms with Crippen molar-refractivity contribution in [3.63, 3.8) is 0 Å². The number of hydrogen-bond donors (Lipinski definition) is 2. The summed E-state index contributed by atoms with van der Waals surface area (Å²) < 4.78 is 10.3. The number of ether oxygens (including phenoxy) is 2. The van der Waals surface area contributed by atoms with E-state index < -0.39 is 0 Å². The third-order valence-electron chi connectivity index (χ3n) is 2.98. The lowest BCUT2D eigenvalue weighted by atomic mass is 10.1. The maximum Gasteiger partial charge on any atom is 0.191 e. The summed E-state index contributed by atoms with van der Waals surface area (Å²) in [6.07, 6.45) is 0. The van der Waals surface area contributed by atoms with E-state index in [1.54, 1.807) is 20.2 Å². The molecular formula is C15H24Cl2IN3O2. The number of methoxy groups -OCH3 is 1. The molecule has 1 atom stereocenters. The van der Waals surface area contributed by atoms with E-state index in [0.29, 0.717) is 42.4 Å². The Morgan fingerprint density at radius 2 is 2.00 bits per heavy atom. The molecule has 0 aromatic heterocycles. The Morgan fingerprint density at radius 3 is 2.61 bits per heavy atom. The van der Waals surface area contributed by atoms with Crippen LogP contribution in [0.1, 0.15) is 18.5 Å². The summed E-state index contributed by atoms with van der Waals surface area (Å²) in [4.78, 5) is 4.18. The van der Waals surface area contributed by atoms with E-state index in [1.807, 2.05) is 19.1 Å². The third kappa shape index (κ3) is 8.95. The smallest absolute Gasteiger partial charge is 0.191 e. The molecule has 0 fully saturated rings. The molecule has 8 heteroatoms. The van der Waals surface area contributed by atoms with Crippen molar-refractivity contribution in [3.05, 3.63) is 33.8 Å². The second kappa shape index (κ2) is 13.1. The van der Waals surface area contributed by atoms with Gasteiger partial charge in [0.25, 0.3) is 0 Å². The van der Waals surface area contributed by atoms with Gasteiger partial charge in [-0.25, -0.2) is 0 Å². The Kier molecular flexibility index (Phi) is 12.9. The van der Waals surface area contributed by atoms with Crippen molar-refractivity contribution in [2.45, 2.75) is 13.0 Å². The van der Waals surface area contributed by atoms with Crippen LogP contribution in [0.15, 0.2) is 23.2 Å². The number of nitrogens with zero attached hydrogens (tertiary/aromatic N) is 1. The van der Waals surface area contributed by atoms with Gasteiger partial charge >= 0.3 is 0 Å². The maximum atomic E-state index is 6.21. The quantitative estimate of drug-likeness (QED) is 0.261. The molecule has 0 spiro atoms. The molecule has 1 aromatic carbocycles. The highest BCUT2D eigenvalue weighted by atomic mass is 127. The Morgan fingerprint density at radius 1 is 1.26 bits per heavy atom. The van der Waals surface area contributed by atoms with Crippen molar-refractivity contribution in [2.75, 3.05) is 40.5 Å². The van der Waals surface area contributed by atoms with Gasteiger partial charge in [0.15, 0.2) is 5.96 Å². The van der Waals surface area contributed by atoms with E-state index in [-0.39, 0.29) is 30.0 Å². The van der Waals surface area contributed by atoms with Crippen LogP contribution in [0.4, 0.5) is 0 Å². The molecule has 1 aromatic rings. The molecule has 0 amide bonds. The van der Waals surface area contributed by atoms with Crippen molar-refractivity contribution in [1.82, 2.24) is 10.6 Å². The molecule has 0 aliphatic carbocycles. The van der Waals surface area contributed by atoms with Crippen LogP contribution >= 0.6 is 47.2 Å². The van der Waals surface area contributed by atoms with Crippen molar-refractivity contribution in [2.24, 2.45) is 4.99 Å². The average Bonchev–Trinajstić information content (AvgIpc) is 2.49. The number of nitrogens with one attached hydrogen (secondary N) is 2. The Hall–Kier alpha value is -0.280. The van der Waals surface area contributed by atoms with E-state index >= 15 is 0 Å². The average molecular weight is 476 g/mol. The number of hydrogen-bond acceptors (Lipinski definition) is 3. The van der Waals surface area contributed by atoms with Crippen LogP contribution < -0.4 is 10.6 Å². The van der Waals surface area contributed by atoms with Crippen LogP contribution in [0.3, 0.4) is 0 Å². The fraction of sp³-hybridized carbons (Fsp3) is 0.533. The molecule has 5 nitrogen and oxygen atoms in total. The van der Waals surface area contributed by atoms with Gasteiger partial charge in [-0.3, -0.25) is 4.99 Å². The fourth-order valence-corrected chi connectivity index (χ4v) is 2.39. The second-order valence-electron chi connectivity index (χ2n) is 4.64. The normalized spacial score (nSPS) is 12.5. The minimum Gasteiger partial charge on any atom is -0.382 e. The standard InChI is InChI=1S/C15H23Cl2N3O2.HI/c1-11(13-5-4-12(16)10-14(13)17)20-15(18-2)19-6-7-22-9-8-21-3;/h4-5,10-11H,6-9H2,1-3H3,(H2,18,19,20);1H. The first-order valence-electron chi connectivity index (χ1n) is 7.07. The molecule has 0 heterocycles. The molecule has 2 N–H and O–H groups in total. The maximum absolute atomic E-state index is 6.21. The molecule has 1 unspecified atom stereocenters. The highest BCUT2D eigenvalue weighted by Gasteiger charge is 2.11. The van der Waals surface area contributed by atoms with Gasteiger partial charge < -0.3 is 20.1 Å². The molecular weight excluding hydrogens is 452 g/mol. The highest BCUT2D eigenvalue weighted by Crippen LogP contribution is 2.25. The van der Waals surface area contributed by atoms with E-state index in [1.165, 1.54) is 0 Å². The Labute approximate surface area is 165 Å². The van der Waals surface area contributed by atoms with E-state index in [2.05, 4.69) is 15.6 Å². The van der Waals surface area contributed by atoms with Gasteiger partial charge in [0.1, 0.15) is 0 Å². The number of halogens is 3. The van der Waals surface area contributed by atoms with Gasteiger partial charge in [-0.05, 0) is 24.6 Å². The lowest BCUT2D eigenvalue weighted by Gasteiger charge is -2.19. The van der Waals surface area contributed by atoms with Crippen LogP contribution in [-0.2, 0) is 9.47 Å². The SMILES string of the molecule is CN=C(NCCOCCOC)NC(C)c1ccc(Cl)cc1Cl.I. The highest BCUT2D eigenvalue weighted by molar-refractivity contribution is 14.0. The molecule has 23 heavy (non-hydrogen) atoms. The summed E-state index contributed by atoms with van der Waals surface area (Å²) >= 11 is 12.1. The first-order valence-corrected chi connectivity index (χ1v) is 7.83. The summed E-state index contributed by atoms with van der Waals surface area (Å²) in [5, 5.41) is 7.71. The van der Waals surface area contributed by atoms with Gasteiger partial charge in [0.05, 0.1) is 25.9 Å². The lowest BCUT2D eigenvalue weighted by Crippen LogP contribution is -2.40. The zero-order valence-electron chi connectivity index (χ0n) is 13.6. The first kappa shape index (κ1) is 22.7. The zero-order chi connectivity index (χ0) is 16.4. The summed E-state index contributed by atoms with van der Waals surface area (Å²) in [5.41, 5.74) is 0.963. The van der Waals surface area contributed by atoms with Crippen LogP contribution in [-0.4, -0.2) is 46.5 Å². The largest absolute Gasteiger partial charge is 0.382 e. The van der Waals surface area contributed by atoms with Crippen LogP contribution in [0, 0.1) is 0 Å². The van der Waals surface area contributed by atoms with E-state index in [9.17, 15) is 0 Å². The monoisotopic (exact) mass is 475 g/mol. The van der Waals surface area contributed by atoms with Crippen molar-refractivity contribution >= 4 is 53.1 Å². The topological polar surface area (TPSA) is 54.9 Å². The summed E-state index contributed by atoms with van der Waals surface area (Å²) in [6, 6.07) is 5.46. The minimum atomic E-state index is 0. The molecule has 0 saturated heterocycles. The van der Waals surface area contributed by atoms with E-state index in [4.69, 9.17) is 32.7 Å². The van der Waals surface area contributed by atoms with Crippen molar-refractivity contribution < 1.29 is 9.47 Å². The molecule has 132 valence electrons. The van der Waals surface area contributed by atoms with Crippen LogP contribution in [0.25, 0.3) is 0 Å². The van der Waals surface area contributed by atoms with Crippen molar-refractivity contribution in [3.8, 4) is 0 Å². The van der Waals surface area contributed by atoms with Gasteiger partial charge in [-0.2, -0.15) is 0 Å². The van der Waals surface area contributed by atoms with Gasteiger partial charge in [-0.15, -0.1) is 24.0 Å². The molecule has 0 aliphatic heterocycles. The minimum absolute atomic E-state index is 0. The van der Waals surface area contributed by atoms with Crippen LogP contribution in [0.5, 0.6) is 0 Å². The Bertz CT molecular complexity index is 490. The first-order chi connectivity index (χ1) is 10.6. The predicted molar refractivity (Wildman–Crippen MR) is 107 cm³/mol. The fourth-order valence-electron chi connectivity index (χ4n) is 1.82. The number of rotatable bonds is 8. The van der Waals surface area contributed by atoms with Crippen LogP contribution in [0.2, 0.25) is 10.0 Å². The Balaban J connectivity index is 0.00000484. The van der Waals surface area contributed by atoms with Gasteiger partial charge in [0, 0.05) is 30.7 Å². The summed E-state index contributed by atoms with van der Waals surface area (Å²) in [6.45, 7) is 4.43. The number of aliphatic imine (C=N–C) groups is 1. The second-order valence-corrected chi connectivity index (χ2v) is 5.48. The number of guanidine groups is 1. The molecule has 0 bridgehead atoms. The predicted octanol–water partition coefficient (Wildman–Crippen LogP) is 3.50. The molecule has 0 aliphatic rings. The molecule has 1 rings (SSSR count). The molecule has 0 radical (unpaired) electrons. The molecule has 0 saturated carbocycles. The lowest BCUT2D eigenvalue weighted by molar-refractivity contribution is 0.0733. The summed E-state index contributed by atoms with van der Waals surface area (Å²) in [7, 11) is 3.37.